The highest BCUT2D eigenvalue weighted by molar-refractivity contribution is 5.95. The predicted molar refractivity (Wildman–Crippen MR) is 105 cm³/mol. The van der Waals surface area contributed by atoms with Gasteiger partial charge in [-0.2, -0.15) is 8.78 Å². The van der Waals surface area contributed by atoms with Crippen LogP contribution in [0.3, 0.4) is 0 Å². The first-order valence-corrected chi connectivity index (χ1v) is 8.96. The molecule has 0 amide bonds. The molecule has 3 aromatic rings. The van der Waals surface area contributed by atoms with Crippen LogP contribution >= 0.6 is 0 Å². The number of benzene rings is 2. The molecule has 2 aromatic carbocycles. The summed E-state index contributed by atoms with van der Waals surface area (Å²) in [6, 6.07) is 14.0. The zero-order chi connectivity index (χ0) is 21.0. The molecule has 0 atom stereocenters. The number of alkyl halides is 2. The van der Waals surface area contributed by atoms with E-state index in [0.29, 0.717) is 30.8 Å². The maximum Gasteiger partial charge on any atom is 0.336 e. The molecular formula is C22H19F2N3O2. The molecule has 0 spiro atoms. The van der Waals surface area contributed by atoms with Gasteiger partial charge in [0, 0.05) is 19.8 Å². The van der Waals surface area contributed by atoms with Gasteiger partial charge in [0.15, 0.2) is 0 Å². The average Bonchev–Trinajstić information content (AvgIpc) is 3.10. The third-order valence-corrected chi connectivity index (χ3v) is 4.39. The molecule has 0 bridgehead atoms. The fraction of sp³-hybridized carbons (Fsp3) is 0.227. The molecule has 0 unspecified atom stereocenters. The third kappa shape index (κ3) is 4.66. The highest BCUT2D eigenvalue weighted by Gasteiger charge is 2.31. The molecule has 0 aliphatic carbocycles. The van der Waals surface area contributed by atoms with Crippen molar-refractivity contribution in [2.24, 2.45) is 0 Å². The number of aromatic carboxylic acids is 1. The van der Waals surface area contributed by atoms with Crippen LogP contribution in [-0.2, 0) is 18.9 Å². The van der Waals surface area contributed by atoms with Crippen LogP contribution in [0.1, 0.15) is 40.9 Å². The number of halogens is 2. The van der Waals surface area contributed by atoms with Gasteiger partial charge in [0.2, 0.25) is 5.82 Å². The molecule has 3 rings (SSSR count). The van der Waals surface area contributed by atoms with Crippen LogP contribution in [0.2, 0.25) is 0 Å². The van der Waals surface area contributed by atoms with E-state index in [1.807, 2.05) is 12.1 Å². The summed E-state index contributed by atoms with van der Waals surface area (Å²) in [5.41, 5.74) is 2.41. The maximum atomic E-state index is 13.6. The summed E-state index contributed by atoms with van der Waals surface area (Å²) in [5, 5.41) is 13.3. The Kier molecular flexibility index (Phi) is 5.74. The van der Waals surface area contributed by atoms with Crippen molar-refractivity contribution in [2.75, 3.05) is 0 Å². The number of aromatic nitrogens is 3. The fourth-order valence-corrected chi connectivity index (χ4v) is 2.95. The monoisotopic (exact) mass is 395 g/mol. The number of hydrogen-bond acceptors (Lipinski definition) is 3. The van der Waals surface area contributed by atoms with Gasteiger partial charge in [-0.25, -0.2) is 14.5 Å². The molecule has 0 saturated heterocycles. The van der Waals surface area contributed by atoms with E-state index < -0.39 is 17.7 Å². The Balaban J connectivity index is 1.88. The van der Waals surface area contributed by atoms with E-state index in [4.69, 9.17) is 6.42 Å². The van der Waals surface area contributed by atoms with E-state index in [0.717, 1.165) is 18.1 Å². The minimum Gasteiger partial charge on any atom is -0.478 e. The lowest BCUT2D eigenvalue weighted by Gasteiger charge is -2.08. The van der Waals surface area contributed by atoms with Gasteiger partial charge < -0.3 is 5.11 Å². The van der Waals surface area contributed by atoms with Gasteiger partial charge in [0.05, 0.1) is 12.1 Å². The van der Waals surface area contributed by atoms with Crippen molar-refractivity contribution in [3.05, 3.63) is 71.3 Å². The summed E-state index contributed by atoms with van der Waals surface area (Å²) in [6.45, 7) is 1.06. The van der Waals surface area contributed by atoms with Crippen molar-refractivity contribution >= 4 is 5.97 Å². The lowest BCUT2D eigenvalue weighted by molar-refractivity contribution is 0.00752. The van der Waals surface area contributed by atoms with Crippen LogP contribution in [0.25, 0.3) is 11.1 Å². The van der Waals surface area contributed by atoms with E-state index >= 15 is 0 Å². The summed E-state index contributed by atoms with van der Waals surface area (Å²) in [5.74, 6) is -1.80. The van der Waals surface area contributed by atoms with Crippen LogP contribution in [-0.4, -0.2) is 25.8 Å². The topological polar surface area (TPSA) is 68.0 Å². The fourth-order valence-electron chi connectivity index (χ4n) is 2.95. The van der Waals surface area contributed by atoms with Gasteiger partial charge in [-0.1, -0.05) is 42.5 Å². The smallest absolute Gasteiger partial charge is 0.336 e. The molecule has 29 heavy (non-hydrogen) atoms. The van der Waals surface area contributed by atoms with E-state index in [-0.39, 0.29) is 5.56 Å². The number of hydrogen-bond donors (Lipinski definition) is 1. The van der Waals surface area contributed by atoms with E-state index in [2.05, 4.69) is 16.0 Å². The Morgan fingerprint density at radius 3 is 2.52 bits per heavy atom. The second-order valence-electron chi connectivity index (χ2n) is 6.64. The van der Waals surface area contributed by atoms with Crippen LogP contribution in [0, 0.1) is 12.3 Å². The van der Waals surface area contributed by atoms with Crippen molar-refractivity contribution in [2.45, 2.75) is 32.2 Å². The Hall–Kier alpha value is -3.53. The van der Waals surface area contributed by atoms with Crippen LogP contribution in [0.15, 0.2) is 48.5 Å². The summed E-state index contributed by atoms with van der Waals surface area (Å²) in [4.78, 5) is 15.4. The lowest BCUT2D eigenvalue weighted by Crippen LogP contribution is -2.10. The van der Waals surface area contributed by atoms with Gasteiger partial charge in [-0.3, -0.25) is 0 Å². The first-order valence-electron chi connectivity index (χ1n) is 8.96. The first kappa shape index (κ1) is 20.2. The number of aryl methyl sites for hydroxylation is 1. The minimum atomic E-state index is -3.14. The second-order valence-corrected chi connectivity index (χ2v) is 6.64. The molecule has 0 radical (unpaired) electrons. The quantitative estimate of drug-likeness (QED) is 0.603. The third-order valence-electron chi connectivity index (χ3n) is 4.39. The number of terminal acetylenes is 1. The number of carbonyl (C=O) groups is 1. The van der Waals surface area contributed by atoms with Crippen molar-refractivity contribution in [3.8, 4) is 23.5 Å². The van der Waals surface area contributed by atoms with Crippen molar-refractivity contribution in [1.29, 1.82) is 0 Å². The predicted octanol–water partition coefficient (Wildman–Crippen LogP) is 4.37. The van der Waals surface area contributed by atoms with Gasteiger partial charge in [0.1, 0.15) is 5.82 Å². The van der Waals surface area contributed by atoms with Crippen molar-refractivity contribution < 1.29 is 18.7 Å². The lowest BCUT2D eigenvalue weighted by atomic mass is 9.98. The van der Waals surface area contributed by atoms with Crippen LogP contribution in [0.5, 0.6) is 0 Å². The number of nitrogens with zero attached hydrogens (tertiary/aromatic N) is 3. The number of rotatable bonds is 7. The standard InChI is InChI=1S/C22H19F2N3O2/c1-3-4-13-27-19(25-21(26-27)22(2,23)24)14-15-9-11-16(12-10-15)17-7-5-6-8-18(17)20(28)29/h1,5-12H,4,13-14H2,2H3,(H,28,29). The van der Waals surface area contributed by atoms with E-state index in [1.54, 1.807) is 36.4 Å². The van der Waals surface area contributed by atoms with E-state index in [9.17, 15) is 18.7 Å². The van der Waals surface area contributed by atoms with Crippen LogP contribution < -0.4 is 0 Å². The summed E-state index contributed by atoms with van der Waals surface area (Å²) < 4.78 is 28.7. The maximum absolute atomic E-state index is 13.6. The molecule has 5 nitrogen and oxygen atoms in total. The molecule has 0 aliphatic heterocycles. The minimum absolute atomic E-state index is 0.212. The van der Waals surface area contributed by atoms with Crippen molar-refractivity contribution in [1.82, 2.24) is 14.8 Å². The molecule has 0 saturated carbocycles. The van der Waals surface area contributed by atoms with E-state index in [1.165, 1.54) is 4.68 Å². The summed E-state index contributed by atoms with van der Waals surface area (Å²) in [6.07, 6.45) is 5.93. The normalized spacial score (nSPS) is 11.2. The highest BCUT2D eigenvalue weighted by atomic mass is 19.3. The molecular weight excluding hydrogens is 376 g/mol. The molecule has 1 heterocycles. The van der Waals surface area contributed by atoms with Gasteiger partial charge in [0.25, 0.3) is 0 Å². The molecule has 148 valence electrons. The van der Waals surface area contributed by atoms with Crippen molar-refractivity contribution in [3.63, 3.8) is 0 Å². The Morgan fingerprint density at radius 1 is 1.21 bits per heavy atom. The molecule has 1 aromatic heterocycles. The van der Waals surface area contributed by atoms with Gasteiger partial charge in [-0.05, 0) is 22.8 Å². The molecule has 0 aliphatic rings. The second kappa shape index (κ2) is 8.23. The Bertz CT molecular complexity index is 1060. The van der Waals surface area contributed by atoms with Gasteiger partial charge >= 0.3 is 11.9 Å². The zero-order valence-electron chi connectivity index (χ0n) is 15.8. The molecule has 7 heteroatoms. The molecule has 1 N–H and O–H groups in total. The summed E-state index contributed by atoms with van der Waals surface area (Å²) in [7, 11) is 0. The molecule has 0 fully saturated rings. The van der Waals surface area contributed by atoms with Crippen LogP contribution in [0.4, 0.5) is 8.78 Å². The van der Waals surface area contributed by atoms with Gasteiger partial charge in [-0.15, -0.1) is 17.4 Å². The highest BCUT2D eigenvalue weighted by Crippen LogP contribution is 2.26. The largest absolute Gasteiger partial charge is 0.478 e. The number of carboxylic acid groups (broad SMARTS) is 1. The summed E-state index contributed by atoms with van der Waals surface area (Å²) >= 11 is 0. The first-order chi connectivity index (χ1) is 13.8. The Morgan fingerprint density at radius 2 is 1.90 bits per heavy atom. The average molecular weight is 395 g/mol. The SMILES string of the molecule is C#CCCn1nc(C(C)(F)F)nc1Cc1ccc(-c2ccccc2C(=O)O)cc1. The Labute approximate surface area is 167 Å². The number of carboxylic acids is 1. The zero-order valence-corrected chi connectivity index (χ0v) is 15.8.